The first-order valence-electron chi connectivity index (χ1n) is 8.03. The molecular formula is C19H17ClNO7-. The van der Waals surface area contributed by atoms with Crippen molar-refractivity contribution in [2.24, 2.45) is 0 Å². The molecule has 0 radical (unpaired) electrons. The monoisotopic (exact) mass is 406 g/mol. The Bertz CT molecular complexity index is 942. The predicted octanol–water partition coefficient (Wildman–Crippen LogP) is 2.47. The summed E-state index contributed by atoms with van der Waals surface area (Å²) in [6.45, 7) is 2.66. The second kappa shape index (κ2) is 8.62. The number of methoxy groups -OCH3 is 1. The van der Waals surface area contributed by atoms with Gasteiger partial charge in [-0.25, -0.2) is 0 Å². The number of carboxylic acids is 1. The van der Waals surface area contributed by atoms with Crippen LogP contribution in [0.3, 0.4) is 0 Å². The zero-order valence-corrected chi connectivity index (χ0v) is 16.0. The van der Waals surface area contributed by atoms with Crippen molar-refractivity contribution in [3.63, 3.8) is 0 Å². The fourth-order valence-electron chi connectivity index (χ4n) is 2.40. The number of hydrogen-bond donors (Lipinski definition) is 2. The van der Waals surface area contributed by atoms with Crippen LogP contribution in [0.2, 0.25) is 5.02 Å². The average molecular weight is 407 g/mol. The van der Waals surface area contributed by atoms with Crippen molar-refractivity contribution in [3.05, 3.63) is 40.4 Å². The molecule has 148 valence electrons. The number of hydrogen-bond acceptors (Lipinski definition) is 7. The Morgan fingerprint density at radius 2 is 1.89 bits per heavy atom. The van der Waals surface area contributed by atoms with Crippen LogP contribution in [-0.2, 0) is 9.59 Å². The van der Waals surface area contributed by atoms with Crippen LogP contribution in [0.5, 0.6) is 23.0 Å². The molecule has 0 aliphatic heterocycles. The van der Waals surface area contributed by atoms with Crippen molar-refractivity contribution in [1.82, 2.24) is 0 Å². The fraction of sp³-hybridized carbons (Fsp3) is 0.211. The number of aliphatic carboxylic acids is 1. The van der Waals surface area contributed by atoms with Crippen molar-refractivity contribution < 1.29 is 34.1 Å². The number of rotatable bonds is 7. The zero-order valence-electron chi connectivity index (χ0n) is 15.2. The number of ether oxygens (including phenoxy) is 2. The molecule has 0 aliphatic carbocycles. The maximum atomic E-state index is 11.6. The lowest BCUT2D eigenvalue weighted by atomic mass is 10.0. The van der Waals surface area contributed by atoms with E-state index in [1.807, 2.05) is 0 Å². The van der Waals surface area contributed by atoms with E-state index >= 15 is 0 Å². The van der Waals surface area contributed by atoms with E-state index in [0.717, 1.165) is 0 Å². The topological polar surface area (TPSA) is 125 Å². The SMILES string of the molecule is COc1cc(C=O)cc(Oc2c(Cl)cc(C(C)C(=O)[O-])cc2NC(C)=O)c1O. The summed E-state index contributed by atoms with van der Waals surface area (Å²) in [6, 6.07) is 5.30. The van der Waals surface area contributed by atoms with Crippen molar-refractivity contribution in [2.75, 3.05) is 12.4 Å². The molecule has 2 rings (SSSR count). The van der Waals surface area contributed by atoms with Crippen LogP contribution in [0.25, 0.3) is 0 Å². The third kappa shape index (κ3) is 4.52. The fourth-order valence-corrected chi connectivity index (χ4v) is 2.67. The standard InChI is InChI=1S/C19H18ClNO7/c1-9(19(25)26)12-6-13(20)18(14(7-12)21-10(2)23)28-16-5-11(8-22)4-15(27-3)17(16)24/h4-9,24H,1-3H3,(H,21,23)(H,25,26)/p-1. The van der Waals surface area contributed by atoms with Crippen molar-refractivity contribution in [2.45, 2.75) is 19.8 Å². The van der Waals surface area contributed by atoms with E-state index in [1.165, 1.54) is 45.2 Å². The molecule has 0 spiro atoms. The second-order valence-corrected chi connectivity index (χ2v) is 6.30. The maximum absolute atomic E-state index is 11.6. The van der Waals surface area contributed by atoms with E-state index in [2.05, 4.69) is 5.32 Å². The lowest BCUT2D eigenvalue weighted by Crippen LogP contribution is -2.28. The summed E-state index contributed by atoms with van der Waals surface area (Å²) < 4.78 is 10.7. The van der Waals surface area contributed by atoms with Gasteiger partial charge in [-0.05, 0) is 29.8 Å². The van der Waals surface area contributed by atoms with Gasteiger partial charge in [-0.3, -0.25) is 9.59 Å². The number of benzene rings is 2. The lowest BCUT2D eigenvalue weighted by Gasteiger charge is -2.19. The van der Waals surface area contributed by atoms with E-state index in [9.17, 15) is 24.6 Å². The summed E-state index contributed by atoms with van der Waals surface area (Å²) in [4.78, 5) is 33.8. The number of amides is 1. The van der Waals surface area contributed by atoms with Crippen LogP contribution in [-0.4, -0.2) is 30.4 Å². The van der Waals surface area contributed by atoms with Gasteiger partial charge in [-0.1, -0.05) is 18.5 Å². The van der Waals surface area contributed by atoms with Gasteiger partial charge in [0, 0.05) is 24.4 Å². The lowest BCUT2D eigenvalue weighted by molar-refractivity contribution is -0.307. The van der Waals surface area contributed by atoms with Gasteiger partial charge < -0.3 is 29.8 Å². The van der Waals surface area contributed by atoms with Crippen molar-refractivity contribution in [3.8, 4) is 23.0 Å². The number of halogens is 1. The summed E-state index contributed by atoms with van der Waals surface area (Å²) in [5.74, 6) is -3.35. The minimum absolute atomic E-state index is 0.000932. The number of carbonyl (C=O) groups excluding carboxylic acids is 3. The molecule has 2 aromatic carbocycles. The van der Waals surface area contributed by atoms with Gasteiger partial charge in [0.2, 0.25) is 11.7 Å². The molecule has 8 nitrogen and oxygen atoms in total. The van der Waals surface area contributed by atoms with Crippen LogP contribution >= 0.6 is 11.6 Å². The number of phenolic OH excluding ortho intramolecular Hbond substituents is 1. The molecular weight excluding hydrogens is 390 g/mol. The number of anilines is 1. The molecule has 9 heteroatoms. The van der Waals surface area contributed by atoms with Gasteiger partial charge in [0.1, 0.15) is 6.29 Å². The van der Waals surface area contributed by atoms with Crippen LogP contribution < -0.4 is 19.9 Å². The van der Waals surface area contributed by atoms with Gasteiger partial charge in [-0.15, -0.1) is 0 Å². The molecule has 2 aromatic rings. The summed E-state index contributed by atoms with van der Waals surface area (Å²) in [7, 11) is 1.30. The molecule has 0 heterocycles. The number of aromatic hydroxyl groups is 1. The van der Waals surface area contributed by atoms with Gasteiger partial charge in [0.15, 0.2) is 17.2 Å². The van der Waals surface area contributed by atoms with E-state index < -0.39 is 17.8 Å². The number of nitrogens with one attached hydrogen (secondary N) is 1. The first-order chi connectivity index (χ1) is 13.2. The van der Waals surface area contributed by atoms with Crippen LogP contribution in [0.1, 0.15) is 35.7 Å². The molecule has 0 saturated heterocycles. The quantitative estimate of drug-likeness (QED) is 0.676. The molecule has 0 bridgehead atoms. The molecule has 1 atom stereocenters. The number of carboxylic acid groups (broad SMARTS) is 1. The average Bonchev–Trinajstić information content (AvgIpc) is 2.64. The van der Waals surface area contributed by atoms with E-state index in [0.29, 0.717) is 6.29 Å². The minimum Gasteiger partial charge on any atom is -0.550 e. The summed E-state index contributed by atoms with van der Waals surface area (Å²) in [5.41, 5.74) is 0.534. The Morgan fingerprint density at radius 3 is 2.43 bits per heavy atom. The largest absolute Gasteiger partial charge is 0.550 e. The Hall–Kier alpha value is -3.26. The van der Waals surface area contributed by atoms with Crippen molar-refractivity contribution >= 4 is 35.5 Å². The molecule has 1 unspecified atom stereocenters. The molecule has 2 N–H and O–H groups in total. The van der Waals surface area contributed by atoms with Crippen LogP contribution in [0, 0.1) is 0 Å². The third-order valence-electron chi connectivity index (χ3n) is 3.86. The highest BCUT2D eigenvalue weighted by Crippen LogP contribution is 2.44. The highest BCUT2D eigenvalue weighted by molar-refractivity contribution is 6.32. The highest BCUT2D eigenvalue weighted by atomic mass is 35.5. The van der Waals surface area contributed by atoms with E-state index in [4.69, 9.17) is 21.1 Å². The normalized spacial score (nSPS) is 11.4. The molecule has 1 amide bonds. The van der Waals surface area contributed by atoms with Gasteiger partial charge in [0.25, 0.3) is 0 Å². The Labute approximate surface area is 165 Å². The number of carbonyl (C=O) groups is 3. The van der Waals surface area contributed by atoms with Crippen molar-refractivity contribution in [1.29, 1.82) is 0 Å². The minimum atomic E-state index is -1.32. The summed E-state index contributed by atoms with van der Waals surface area (Å²) in [5, 5.41) is 23.9. The molecule has 0 aromatic heterocycles. The van der Waals surface area contributed by atoms with E-state index in [-0.39, 0.29) is 44.8 Å². The zero-order chi connectivity index (χ0) is 21.0. The molecule has 0 fully saturated rings. The van der Waals surface area contributed by atoms with Gasteiger partial charge in [-0.2, -0.15) is 0 Å². The summed E-state index contributed by atoms with van der Waals surface area (Å²) >= 11 is 6.24. The Morgan fingerprint density at radius 1 is 1.25 bits per heavy atom. The van der Waals surface area contributed by atoms with Gasteiger partial charge in [0.05, 0.1) is 17.8 Å². The Kier molecular flexibility index (Phi) is 6.48. The molecule has 0 saturated carbocycles. The number of phenols is 1. The molecule has 28 heavy (non-hydrogen) atoms. The first-order valence-corrected chi connectivity index (χ1v) is 8.41. The summed E-state index contributed by atoms with van der Waals surface area (Å²) in [6.07, 6.45) is 0.537. The third-order valence-corrected chi connectivity index (χ3v) is 4.14. The predicted molar refractivity (Wildman–Crippen MR) is 99.3 cm³/mol. The Balaban J connectivity index is 2.60. The van der Waals surface area contributed by atoms with Crippen LogP contribution in [0.4, 0.5) is 5.69 Å². The first kappa shape index (κ1) is 21.0. The van der Waals surface area contributed by atoms with Crippen LogP contribution in [0.15, 0.2) is 24.3 Å². The van der Waals surface area contributed by atoms with Gasteiger partial charge >= 0.3 is 0 Å². The van der Waals surface area contributed by atoms with E-state index in [1.54, 1.807) is 0 Å². The molecule has 0 aliphatic rings. The highest BCUT2D eigenvalue weighted by Gasteiger charge is 2.20. The second-order valence-electron chi connectivity index (χ2n) is 5.89. The maximum Gasteiger partial charge on any atom is 0.221 e. The number of aldehydes is 1. The smallest absolute Gasteiger partial charge is 0.221 e.